The smallest absolute Gasteiger partial charge is 0.275 e. The number of fused-ring (bicyclic) bond motifs is 1. The maximum absolute atomic E-state index is 12.2. The highest BCUT2D eigenvalue weighted by Crippen LogP contribution is 2.23. The van der Waals surface area contributed by atoms with E-state index < -0.39 is 0 Å². The summed E-state index contributed by atoms with van der Waals surface area (Å²) in [6.07, 6.45) is 0. The monoisotopic (exact) mass is 329 g/mol. The summed E-state index contributed by atoms with van der Waals surface area (Å²) in [5.41, 5.74) is 0.851. The molecule has 0 aliphatic carbocycles. The molecule has 2 heterocycles. The van der Waals surface area contributed by atoms with Crippen LogP contribution in [0.1, 0.15) is 23.6 Å². The number of rotatable bonds is 6. The van der Waals surface area contributed by atoms with Gasteiger partial charge in [0.25, 0.3) is 5.91 Å². The molecule has 2 atom stereocenters. The zero-order valence-corrected chi connectivity index (χ0v) is 14.2. The third-order valence-corrected chi connectivity index (χ3v) is 4.64. The van der Waals surface area contributed by atoms with Crippen molar-refractivity contribution < 1.29 is 14.1 Å². The second kappa shape index (κ2) is 6.98. The van der Waals surface area contributed by atoms with Crippen LogP contribution in [0.4, 0.5) is 0 Å². The lowest BCUT2D eigenvalue weighted by molar-refractivity contribution is -0.885. The minimum atomic E-state index is -0.135. The summed E-state index contributed by atoms with van der Waals surface area (Å²) in [7, 11) is 2.03. The van der Waals surface area contributed by atoms with E-state index in [9.17, 15) is 4.79 Å². The third-order valence-electron chi connectivity index (χ3n) is 3.77. The summed E-state index contributed by atoms with van der Waals surface area (Å²) < 4.78 is 5.80. The number of amides is 1. The van der Waals surface area contributed by atoms with Crippen molar-refractivity contribution >= 4 is 28.2 Å². The van der Waals surface area contributed by atoms with Gasteiger partial charge in [0.1, 0.15) is 17.9 Å². The van der Waals surface area contributed by atoms with Gasteiger partial charge in [-0.15, -0.1) is 11.3 Å². The Balaban J connectivity index is 1.56. The normalized spacial score (nSPS) is 13.8. The van der Waals surface area contributed by atoms with Crippen LogP contribution in [-0.4, -0.2) is 19.5 Å². The third kappa shape index (κ3) is 4.00. The van der Waals surface area contributed by atoms with E-state index >= 15 is 0 Å². The molecule has 3 rings (SSSR count). The predicted molar refractivity (Wildman–Crippen MR) is 92.5 cm³/mol. The van der Waals surface area contributed by atoms with Crippen molar-refractivity contribution in [2.75, 3.05) is 13.6 Å². The molecule has 1 aromatic carbocycles. The molecule has 1 unspecified atom stereocenters. The highest BCUT2D eigenvalue weighted by molar-refractivity contribution is 7.09. The minimum absolute atomic E-state index is 0.0343. The number of benzene rings is 1. The predicted octanol–water partition coefficient (Wildman–Crippen LogP) is 2.39. The maximum atomic E-state index is 12.2. The van der Waals surface area contributed by atoms with E-state index in [0.29, 0.717) is 6.54 Å². The van der Waals surface area contributed by atoms with Crippen LogP contribution in [0.3, 0.4) is 0 Å². The van der Waals surface area contributed by atoms with Crippen LogP contribution < -0.4 is 10.2 Å². The second-order valence-corrected chi connectivity index (χ2v) is 6.90. The Kier molecular flexibility index (Phi) is 4.79. The molecule has 0 spiro atoms. The first-order valence-electron chi connectivity index (χ1n) is 7.73. The number of nitrogens with one attached hydrogen (secondary N) is 2. The Morgan fingerprint density at radius 2 is 2.13 bits per heavy atom. The summed E-state index contributed by atoms with van der Waals surface area (Å²) in [5, 5.41) is 6.14. The molecule has 2 N–H and O–H groups in total. The summed E-state index contributed by atoms with van der Waals surface area (Å²) in [6, 6.07) is 13.9. The van der Waals surface area contributed by atoms with Crippen molar-refractivity contribution in [3.05, 3.63) is 58.5 Å². The lowest BCUT2D eigenvalue weighted by atomic mass is 10.2. The Bertz CT molecular complexity index is 746. The van der Waals surface area contributed by atoms with Crippen LogP contribution in [0.2, 0.25) is 0 Å². The SMILES string of the molecule is C[C@@H](NC(=O)C[NH+](C)Cc1cccs1)c1cc2ccccc2o1. The van der Waals surface area contributed by atoms with Gasteiger partial charge in [0.15, 0.2) is 6.54 Å². The molecule has 4 nitrogen and oxygen atoms in total. The molecule has 23 heavy (non-hydrogen) atoms. The van der Waals surface area contributed by atoms with Gasteiger partial charge >= 0.3 is 0 Å². The Labute approximate surface area is 139 Å². The molecule has 0 aliphatic rings. The zero-order chi connectivity index (χ0) is 16.2. The number of carbonyl (C=O) groups is 1. The molecular formula is C18H21N2O2S+. The average molecular weight is 329 g/mol. The van der Waals surface area contributed by atoms with Crippen LogP contribution in [0.15, 0.2) is 52.3 Å². The van der Waals surface area contributed by atoms with E-state index in [1.807, 2.05) is 50.4 Å². The van der Waals surface area contributed by atoms with Crippen LogP contribution in [-0.2, 0) is 11.3 Å². The van der Waals surface area contributed by atoms with E-state index in [1.54, 1.807) is 11.3 Å². The first-order chi connectivity index (χ1) is 11.1. The van der Waals surface area contributed by atoms with Crippen LogP contribution in [0.25, 0.3) is 11.0 Å². The van der Waals surface area contributed by atoms with Crippen LogP contribution in [0, 0.1) is 0 Å². The first-order valence-corrected chi connectivity index (χ1v) is 8.61. The number of para-hydroxylation sites is 1. The fourth-order valence-electron chi connectivity index (χ4n) is 2.63. The quantitative estimate of drug-likeness (QED) is 0.729. The fraction of sp³-hybridized carbons (Fsp3) is 0.278. The summed E-state index contributed by atoms with van der Waals surface area (Å²) in [6.45, 7) is 3.26. The van der Waals surface area contributed by atoms with E-state index in [4.69, 9.17) is 4.42 Å². The largest absolute Gasteiger partial charge is 0.459 e. The summed E-state index contributed by atoms with van der Waals surface area (Å²) in [4.78, 5) is 14.7. The van der Waals surface area contributed by atoms with E-state index in [0.717, 1.165) is 23.3 Å². The molecule has 3 aromatic rings. The number of thiophene rings is 1. The van der Waals surface area contributed by atoms with Gasteiger partial charge < -0.3 is 14.6 Å². The van der Waals surface area contributed by atoms with E-state index in [-0.39, 0.29) is 11.9 Å². The minimum Gasteiger partial charge on any atom is -0.459 e. The lowest BCUT2D eigenvalue weighted by Crippen LogP contribution is -3.08. The Morgan fingerprint density at radius 1 is 1.30 bits per heavy atom. The molecule has 0 aliphatic heterocycles. The molecule has 0 saturated heterocycles. The van der Waals surface area contributed by atoms with Crippen molar-refractivity contribution in [2.24, 2.45) is 0 Å². The van der Waals surface area contributed by atoms with Gasteiger partial charge in [0, 0.05) is 5.39 Å². The van der Waals surface area contributed by atoms with Gasteiger partial charge in [-0.2, -0.15) is 0 Å². The Hall–Kier alpha value is -2.11. The maximum Gasteiger partial charge on any atom is 0.275 e. The van der Waals surface area contributed by atoms with Gasteiger partial charge in [-0.3, -0.25) is 4.79 Å². The lowest BCUT2D eigenvalue weighted by Gasteiger charge is -2.15. The topological polar surface area (TPSA) is 46.7 Å². The van der Waals surface area contributed by atoms with Crippen LogP contribution in [0.5, 0.6) is 0 Å². The van der Waals surface area contributed by atoms with Crippen LogP contribution >= 0.6 is 11.3 Å². The van der Waals surface area contributed by atoms with Gasteiger partial charge in [0.05, 0.1) is 18.0 Å². The van der Waals surface area contributed by atoms with Crippen molar-refractivity contribution in [1.29, 1.82) is 0 Å². The summed E-state index contributed by atoms with van der Waals surface area (Å²) >= 11 is 1.72. The zero-order valence-electron chi connectivity index (χ0n) is 13.3. The van der Waals surface area contributed by atoms with Crippen molar-refractivity contribution in [3.63, 3.8) is 0 Å². The van der Waals surface area contributed by atoms with Gasteiger partial charge in [-0.05, 0) is 30.5 Å². The molecule has 120 valence electrons. The Morgan fingerprint density at radius 3 is 2.87 bits per heavy atom. The van der Waals surface area contributed by atoms with Gasteiger partial charge in [-0.25, -0.2) is 0 Å². The number of carbonyl (C=O) groups excluding carboxylic acids is 1. The number of likely N-dealkylation sites (N-methyl/N-ethyl adjacent to an activating group) is 1. The van der Waals surface area contributed by atoms with Crippen molar-refractivity contribution in [1.82, 2.24) is 5.32 Å². The highest BCUT2D eigenvalue weighted by Gasteiger charge is 2.17. The summed E-state index contributed by atoms with van der Waals surface area (Å²) in [5.74, 6) is 0.822. The molecule has 0 bridgehead atoms. The molecule has 5 heteroatoms. The standard InChI is InChI=1S/C18H20N2O2S/c1-13(17-10-14-6-3-4-8-16(14)22-17)19-18(21)12-20(2)11-15-7-5-9-23-15/h3-10,13H,11-12H2,1-2H3,(H,19,21)/p+1/t13-/m1/s1. The number of hydrogen-bond donors (Lipinski definition) is 2. The molecule has 0 fully saturated rings. The van der Waals surface area contributed by atoms with Gasteiger partial charge in [0.2, 0.25) is 0 Å². The molecule has 1 amide bonds. The van der Waals surface area contributed by atoms with E-state index in [1.165, 1.54) is 9.78 Å². The molecule has 0 radical (unpaired) electrons. The molecule has 2 aromatic heterocycles. The molecular weight excluding hydrogens is 308 g/mol. The fourth-order valence-corrected chi connectivity index (χ4v) is 3.45. The first kappa shape index (κ1) is 15.8. The van der Waals surface area contributed by atoms with Crippen molar-refractivity contribution in [3.8, 4) is 0 Å². The molecule has 0 saturated carbocycles. The second-order valence-electron chi connectivity index (χ2n) is 5.87. The van der Waals surface area contributed by atoms with Gasteiger partial charge in [-0.1, -0.05) is 24.3 Å². The highest BCUT2D eigenvalue weighted by atomic mass is 32.1. The number of quaternary nitrogens is 1. The number of furan rings is 1. The number of hydrogen-bond acceptors (Lipinski definition) is 3. The average Bonchev–Trinajstić information content (AvgIpc) is 3.15. The van der Waals surface area contributed by atoms with Crippen molar-refractivity contribution in [2.45, 2.75) is 19.5 Å². The van der Waals surface area contributed by atoms with E-state index in [2.05, 4.69) is 16.8 Å².